The molecule has 0 amide bonds. The highest BCUT2D eigenvalue weighted by atomic mass is 32.2. The van der Waals surface area contributed by atoms with Crippen molar-refractivity contribution in [3.8, 4) is 34.4 Å². The molecule has 3 rings (SSSR count). The highest BCUT2D eigenvalue weighted by Gasteiger charge is 2.15. The van der Waals surface area contributed by atoms with E-state index in [4.69, 9.17) is 5.11 Å². The lowest BCUT2D eigenvalue weighted by Gasteiger charge is -2.08. The van der Waals surface area contributed by atoms with Crippen molar-refractivity contribution in [2.24, 2.45) is 0 Å². The second kappa shape index (κ2) is 8.81. The van der Waals surface area contributed by atoms with Crippen molar-refractivity contribution in [1.29, 1.82) is 0 Å². The van der Waals surface area contributed by atoms with Crippen molar-refractivity contribution in [2.75, 3.05) is 12.5 Å². The van der Waals surface area contributed by atoms with Gasteiger partial charge in [-0.25, -0.2) is 36.8 Å². The Balaban J connectivity index is 2.21. The van der Waals surface area contributed by atoms with Crippen LogP contribution in [0.15, 0.2) is 53.0 Å². The van der Waals surface area contributed by atoms with E-state index < -0.39 is 25.6 Å². The number of carbonyl (C=O) groups is 1. The fraction of sp³-hybridized carbons (Fsp3) is 0.150. The zero-order valence-electron chi connectivity index (χ0n) is 16.8. The quantitative estimate of drug-likeness (QED) is 0.423. The molecule has 0 spiro atoms. The molecule has 3 aromatic rings. The summed E-state index contributed by atoms with van der Waals surface area (Å²) in [6.07, 6.45) is 3.89. The molecule has 2 aromatic heterocycles. The van der Waals surface area contributed by atoms with Gasteiger partial charge in [0.2, 0.25) is 0 Å². The summed E-state index contributed by atoms with van der Waals surface area (Å²) in [7, 11) is -7.17. The second-order valence-corrected chi connectivity index (χ2v) is 10.6. The minimum atomic E-state index is -3.58. The van der Waals surface area contributed by atoms with Crippen LogP contribution in [0.5, 0.6) is 0 Å². The van der Waals surface area contributed by atoms with Crippen molar-refractivity contribution < 1.29 is 26.7 Å². The first kappa shape index (κ1) is 23.0. The lowest BCUT2D eigenvalue weighted by molar-refractivity contribution is -0.135. The van der Waals surface area contributed by atoms with E-state index in [0.717, 1.165) is 25.2 Å². The molecule has 0 fully saturated rings. The van der Waals surface area contributed by atoms with Gasteiger partial charge in [-0.3, -0.25) is 4.79 Å². The van der Waals surface area contributed by atoms with Gasteiger partial charge >= 0.3 is 5.97 Å². The smallest absolute Gasteiger partial charge is 0.315 e. The Morgan fingerprint density at radius 2 is 1.28 bits per heavy atom. The molecule has 10 nitrogen and oxygen atoms in total. The third-order valence-electron chi connectivity index (χ3n) is 4.04. The van der Waals surface area contributed by atoms with E-state index in [1.54, 1.807) is 18.2 Å². The van der Waals surface area contributed by atoms with E-state index >= 15 is 0 Å². The van der Waals surface area contributed by atoms with Crippen LogP contribution in [-0.2, 0) is 24.5 Å². The Labute approximate surface area is 184 Å². The van der Waals surface area contributed by atoms with E-state index in [0.29, 0.717) is 16.7 Å². The standard InChI is InChI=1S/C20H16N4O6S2/c1-31(27,28)18-9-16(21-11-23-18)14-6-13(4-3-5-20(25)26)7-15(8-14)17-10-19(24-12-22-17)32(2,29)30/h6-12H,5H2,1-2H3,(H,25,26). The predicted octanol–water partition coefficient (Wildman–Crippen LogP) is 1.23. The molecule has 164 valence electrons. The first-order valence-electron chi connectivity index (χ1n) is 8.84. The van der Waals surface area contributed by atoms with E-state index in [2.05, 4.69) is 31.8 Å². The molecule has 0 radical (unpaired) electrons. The van der Waals surface area contributed by atoms with Crippen LogP contribution < -0.4 is 0 Å². The molecule has 0 aliphatic heterocycles. The van der Waals surface area contributed by atoms with Gasteiger partial charge in [0.15, 0.2) is 29.7 Å². The molecule has 0 saturated heterocycles. The fourth-order valence-corrected chi connectivity index (χ4v) is 3.75. The van der Waals surface area contributed by atoms with Crippen LogP contribution in [0.4, 0.5) is 0 Å². The van der Waals surface area contributed by atoms with Crippen LogP contribution in [0.3, 0.4) is 0 Å². The van der Waals surface area contributed by atoms with Gasteiger partial charge in [-0.15, -0.1) is 0 Å². The SMILES string of the molecule is CS(=O)(=O)c1cc(-c2cc(C#CCC(=O)O)cc(-c3cc(S(C)(=O)=O)ncn3)c2)ncn1. The number of carboxylic acid groups (broad SMARTS) is 1. The van der Waals surface area contributed by atoms with E-state index in [-0.39, 0.29) is 27.9 Å². The molecule has 0 unspecified atom stereocenters. The Morgan fingerprint density at radius 1 is 0.812 bits per heavy atom. The lowest BCUT2D eigenvalue weighted by atomic mass is 10.0. The molecule has 0 atom stereocenters. The molecule has 0 aliphatic carbocycles. The van der Waals surface area contributed by atoms with Crippen molar-refractivity contribution in [1.82, 2.24) is 19.9 Å². The summed E-state index contributed by atoms with van der Waals surface area (Å²) in [6.45, 7) is 0. The second-order valence-electron chi connectivity index (χ2n) is 6.70. The molecule has 1 aromatic carbocycles. The summed E-state index contributed by atoms with van der Waals surface area (Å²) in [5, 5.41) is 8.47. The summed E-state index contributed by atoms with van der Waals surface area (Å²) in [6, 6.07) is 7.43. The lowest BCUT2D eigenvalue weighted by Crippen LogP contribution is -2.02. The number of aliphatic carboxylic acids is 1. The van der Waals surface area contributed by atoms with Gasteiger partial charge in [0.25, 0.3) is 0 Å². The number of benzene rings is 1. The maximum absolute atomic E-state index is 11.9. The number of rotatable bonds is 5. The van der Waals surface area contributed by atoms with Crippen LogP contribution in [0, 0.1) is 11.8 Å². The highest BCUT2D eigenvalue weighted by molar-refractivity contribution is 7.90. The van der Waals surface area contributed by atoms with Crippen LogP contribution in [0.2, 0.25) is 0 Å². The van der Waals surface area contributed by atoms with Crippen LogP contribution >= 0.6 is 0 Å². The van der Waals surface area contributed by atoms with Crippen molar-refractivity contribution in [3.63, 3.8) is 0 Å². The number of hydrogen-bond acceptors (Lipinski definition) is 9. The first-order chi connectivity index (χ1) is 14.9. The van der Waals surface area contributed by atoms with Crippen molar-refractivity contribution in [2.45, 2.75) is 16.5 Å². The zero-order chi connectivity index (χ0) is 23.5. The molecule has 12 heteroatoms. The van der Waals surface area contributed by atoms with Crippen LogP contribution in [0.25, 0.3) is 22.5 Å². The average Bonchev–Trinajstić information content (AvgIpc) is 2.72. The number of aromatic nitrogens is 4. The molecule has 1 N–H and O–H groups in total. The topological polar surface area (TPSA) is 157 Å². The molecular formula is C20H16N4O6S2. The van der Waals surface area contributed by atoms with Crippen molar-refractivity contribution >= 4 is 25.6 Å². The Morgan fingerprint density at radius 3 is 1.69 bits per heavy atom. The summed E-state index contributed by atoms with van der Waals surface area (Å²) in [4.78, 5) is 26.5. The largest absolute Gasteiger partial charge is 0.481 e. The maximum Gasteiger partial charge on any atom is 0.315 e. The van der Waals surface area contributed by atoms with E-state index in [1.165, 1.54) is 12.1 Å². The summed E-state index contributed by atoms with van der Waals surface area (Å²) in [5.74, 6) is 4.17. The van der Waals surface area contributed by atoms with Gasteiger partial charge in [-0.2, -0.15) is 0 Å². The van der Waals surface area contributed by atoms with Gasteiger partial charge in [-0.05, 0) is 18.2 Å². The monoisotopic (exact) mass is 472 g/mol. The Hall–Kier alpha value is -3.69. The van der Waals surface area contributed by atoms with E-state index in [9.17, 15) is 21.6 Å². The fourth-order valence-electron chi connectivity index (χ4n) is 2.62. The molecule has 32 heavy (non-hydrogen) atoms. The average molecular weight is 473 g/mol. The number of sulfone groups is 2. The number of carboxylic acids is 1. The van der Waals surface area contributed by atoms with E-state index in [1.807, 2.05) is 0 Å². The zero-order valence-corrected chi connectivity index (χ0v) is 18.5. The Kier molecular flexibility index (Phi) is 6.33. The van der Waals surface area contributed by atoms with Gasteiger partial charge in [0.05, 0.1) is 11.4 Å². The van der Waals surface area contributed by atoms with Gasteiger partial charge in [0, 0.05) is 41.3 Å². The minimum Gasteiger partial charge on any atom is -0.481 e. The van der Waals surface area contributed by atoms with Crippen LogP contribution in [0.1, 0.15) is 12.0 Å². The molecule has 0 aliphatic rings. The normalized spacial score (nSPS) is 11.4. The minimum absolute atomic E-state index is 0.173. The van der Waals surface area contributed by atoms with Gasteiger partial charge in [-0.1, -0.05) is 11.8 Å². The predicted molar refractivity (Wildman–Crippen MR) is 114 cm³/mol. The third kappa shape index (κ3) is 5.71. The van der Waals surface area contributed by atoms with Crippen LogP contribution in [-0.4, -0.2) is 60.4 Å². The molecular weight excluding hydrogens is 456 g/mol. The summed E-state index contributed by atoms with van der Waals surface area (Å²) >= 11 is 0. The van der Waals surface area contributed by atoms with Crippen molar-refractivity contribution in [3.05, 3.63) is 48.5 Å². The Bertz CT molecular complexity index is 1400. The molecule has 0 saturated carbocycles. The summed E-state index contributed by atoms with van der Waals surface area (Å²) in [5.41, 5.74) is 1.86. The summed E-state index contributed by atoms with van der Waals surface area (Å²) < 4.78 is 47.5. The third-order valence-corrected chi connectivity index (χ3v) is 6.01. The molecule has 2 heterocycles. The highest BCUT2D eigenvalue weighted by Crippen LogP contribution is 2.27. The van der Waals surface area contributed by atoms with Gasteiger partial charge in [0.1, 0.15) is 19.1 Å². The molecule has 0 bridgehead atoms. The first-order valence-corrected chi connectivity index (χ1v) is 12.6. The number of hydrogen-bond donors (Lipinski definition) is 1. The number of nitrogens with zero attached hydrogens (tertiary/aromatic N) is 4. The van der Waals surface area contributed by atoms with Gasteiger partial charge < -0.3 is 5.11 Å². The maximum atomic E-state index is 11.9.